The Kier molecular flexibility index (Phi) is 6.28. The SMILES string of the molecule is CN(C)S(=O)(=O)Nc1ccc(NCCc2ccc(Cl)cc2Cl)nc1. The predicted molar refractivity (Wildman–Crippen MR) is 99.1 cm³/mol. The summed E-state index contributed by atoms with van der Waals surface area (Å²) < 4.78 is 26.9. The smallest absolute Gasteiger partial charge is 0.301 e. The molecule has 24 heavy (non-hydrogen) atoms. The van der Waals surface area contributed by atoms with E-state index >= 15 is 0 Å². The average Bonchev–Trinajstić information content (AvgIpc) is 2.50. The van der Waals surface area contributed by atoms with Crippen molar-refractivity contribution in [2.45, 2.75) is 6.42 Å². The maximum Gasteiger partial charge on any atom is 0.301 e. The Balaban J connectivity index is 1.90. The van der Waals surface area contributed by atoms with Crippen LogP contribution in [0.2, 0.25) is 10.0 Å². The van der Waals surface area contributed by atoms with Gasteiger partial charge in [0.15, 0.2) is 0 Å². The van der Waals surface area contributed by atoms with Crippen LogP contribution in [0.1, 0.15) is 5.56 Å². The fourth-order valence-electron chi connectivity index (χ4n) is 1.85. The Labute approximate surface area is 152 Å². The summed E-state index contributed by atoms with van der Waals surface area (Å²) in [4.78, 5) is 4.18. The first kappa shape index (κ1) is 18.8. The zero-order chi connectivity index (χ0) is 17.7. The number of benzene rings is 1. The molecule has 0 saturated carbocycles. The number of hydrogen-bond acceptors (Lipinski definition) is 4. The molecule has 0 atom stereocenters. The van der Waals surface area contributed by atoms with E-state index < -0.39 is 10.2 Å². The molecule has 0 aliphatic rings. The monoisotopic (exact) mass is 388 g/mol. The number of pyridine rings is 1. The minimum Gasteiger partial charge on any atom is -0.370 e. The molecule has 0 aliphatic carbocycles. The molecular formula is C15H18Cl2N4O2S. The fraction of sp³-hybridized carbons (Fsp3) is 0.267. The maximum absolute atomic E-state index is 11.7. The fourth-order valence-corrected chi connectivity index (χ4v) is 2.95. The van der Waals surface area contributed by atoms with E-state index in [1.165, 1.54) is 20.3 Å². The summed E-state index contributed by atoms with van der Waals surface area (Å²) in [5.74, 6) is 0.646. The van der Waals surface area contributed by atoms with Crippen LogP contribution in [-0.4, -0.2) is 38.3 Å². The summed E-state index contributed by atoms with van der Waals surface area (Å²) in [5.41, 5.74) is 1.39. The molecule has 1 heterocycles. The van der Waals surface area contributed by atoms with Crippen LogP contribution in [0.15, 0.2) is 36.5 Å². The van der Waals surface area contributed by atoms with Crippen LogP contribution >= 0.6 is 23.2 Å². The lowest BCUT2D eigenvalue weighted by atomic mass is 10.1. The minimum atomic E-state index is -3.53. The molecule has 9 heteroatoms. The predicted octanol–water partition coefficient (Wildman–Crippen LogP) is 3.26. The van der Waals surface area contributed by atoms with E-state index in [2.05, 4.69) is 15.0 Å². The number of rotatable bonds is 7. The van der Waals surface area contributed by atoms with Gasteiger partial charge in [0, 0.05) is 30.7 Å². The van der Waals surface area contributed by atoms with Gasteiger partial charge in [-0.05, 0) is 36.2 Å². The third-order valence-corrected chi connectivity index (χ3v) is 5.25. The van der Waals surface area contributed by atoms with Gasteiger partial charge in [0.1, 0.15) is 5.82 Å². The second-order valence-corrected chi connectivity index (χ2v) is 7.96. The Hall–Kier alpha value is -1.54. The van der Waals surface area contributed by atoms with Crippen molar-refractivity contribution in [3.8, 4) is 0 Å². The summed E-state index contributed by atoms with van der Waals surface area (Å²) in [6, 6.07) is 8.75. The molecule has 1 aromatic carbocycles. The molecule has 0 amide bonds. The van der Waals surface area contributed by atoms with Crippen molar-refractivity contribution in [2.24, 2.45) is 0 Å². The van der Waals surface area contributed by atoms with E-state index in [1.54, 1.807) is 24.3 Å². The van der Waals surface area contributed by atoms with Crippen molar-refractivity contribution in [1.29, 1.82) is 0 Å². The van der Waals surface area contributed by atoms with Gasteiger partial charge in [0.25, 0.3) is 0 Å². The Morgan fingerprint density at radius 3 is 2.50 bits per heavy atom. The number of aromatic nitrogens is 1. The van der Waals surface area contributed by atoms with Gasteiger partial charge in [0.2, 0.25) is 0 Å². The maximum atomic E-state index is 11.7. The zero-order valence-corrected chi connectivity index (χ0v) is 15.6. The molecule has 0 saturated heterocycles. The van der Waals surface area contributed by atoms with Gasteiger partial charge >= 0.3 is 10.2 Å². The topological polar surface area (TPSA) is 74.3 Å². The van der Waals surface area contributed by atoms with Gasteiger partial charge in [-0.2, -0.15) is 12.7 Å². The first-order valence-corrected chi connectivity index (χ1v) is 9.31. The van der Waals surface area contributed by atoms with E-state index in [0.717, 1.165) is 9.87 Å². The number of nitrogens with zero attached hydrogens (tertiary/aromatic N) is 2. The number of nitrogens with one attached hydrogen (secondary N) is 2. The lowest BCUT2D eigenvalue weighted by molar-refractivity contribution is 0.527. The highest BCUT2D eigenvalue weighted by Crippen LogP contribution is 2.21. The third-order valence-electron chi connectivity index (χ3n) is 3.21. The molecule has 0 bridgehead atoms. The van der Waals surface area contributed by atoms with Crippen LogP contribution < -0.4 is 10.0 Å². The highest BCUT2D eigenvalue weighted by Gasteiger charge is 2.12. The van der Waals surface area contributed by atoms with Crippen LogP contribution in [0, 0.1) is 0 Å². The van der Waals surface area contributed by atoms with E-state index in [9.17, 15) is 8.42 Å². The van der Waals surface area contributed by atoms with Crippen molar-refractivity contribution in [1.82, 2.24) is 9.29 Å². The molecule has 130 valence electrons. The van der Waals surface area contributed by atoms with Crippen LogP contribution in [0.5, 0.6) is 0 Å². The highest BCUT2D eigenvalue weighted by atomic mass is 35.5. The summed E-state index contributed by atoms with van der Waals surface area (Å²) >= 11 is 12.0. The average molecular weight is 389 g/mol. The van der Waals surface area contributed by atoms with Gasteiger partial charge in [-0.3, -0.25) is 4.72 Å². The molecule has 0 unspecified atom stereocenters. The number of halogens is 2. The van der Waals surface area contributed by atoms with Gasteiger partial charge in [-0.1, -0.05) is 29.3 Å². The van der Waals surface area contributed by atoms with Crippen LogP contribution in [0.3, 0.4) is 0 Å². The third kappa shape index (κ3) is 5.24. The van der Waals surface area contributed by atoms with Gasteiger partial charge in [0.05, 0.1) is 11.9 Å². The number of anilines is 2. The van der Waals surface area contributed by atoms with Crippen molar-refractivity contribution in [2.75, 3.05) is 30.7 Å². The Bertz CT molecular complexity index is 796. The Morgan fingerprint density at radius 2 is 1.92 bits per heavy atom. The molecular weight excluding hydrogens is 371 g/mol. The van der Waals surface area contributed by atoms with Gasteiger partial charge in [-0.15, -0.1) is 0 Å². The van der Waals surface area contributed by atoms with E-state index in [1.807, 2.05) is 6.07 Å². The first-order valence-electron chi connectivity index (χ1n) is 7.12. The van der Waals surface area contributed by atoms with Gasteiger partial charge < -0.3 is 5.32 Å². The van der Waals surface area contributed by atoms with Crippen LogP contribution in [0.4, 0.5) is 11.5 Å². The summed E-state index contributed by atoms with van der Waals surface area (Å²) in [5, 5.41) is 4.39. The molecule has 0 spiro atoms. The molecule has 2 rings (SSSR count). The van der Waals surface area contributed by atoms with E-state index in [4.69, 9.17) is 23.2 Å². The quantitative estimate of drug-likeness (QED) is 0.762. The molecule has 2 N–H and O–H groups in total. The minimum absolute atomic E-state index is 0.398. The van der Waals surface area contributed by atoms with Crippen LogP contribution in [0.25, 0.3) is 0 Å². The summed E-state index contributed by atoms with van der Waals surface area (Å²) in [7, 11) is -0.624. The van der Waals surface area contributed by atoms with Crippen molar-refractivity contribution in [3.63, 3.8) is 0 Å². The lowest BCUT2D eigenvalue weighted by Gasteiger charge is -2.13. The standard InChI is InChI=1S/C15H18Cl2N4O2S/c1-21(2)24(22,23)20-13-5-6-15(19-10-13)18-8-7-11-3-4-12(16)9-14(11)17/h3-6,9-10,20H,7-8H2,1-2H3,(H,18,19). The van der Waals surface area contributed by atoms with Crippen molar-refractivity contribution >= 4 is 44.9 Å². The normalized spacial score (nSPS) is 11.5. The summed E-state index contributed by atoms with van der Waals surface area (Å²) in [6.45, 7) is 0.636. The molecule has 1 aromatic heterocycles. The molecule has 0 radical (unpaired) electrons. The zero-order valence-electron chi connectivity index (χ0n) is 13.3. The molecule has 6 nitrogen and oxygen atoms in total. The van der Waals surface area contributed by atoms with E-state index in [-0.39, 0.29) is 0 Å². The van der Waals surface area contributed by atoms with Crippen molar-refractivity contribution in [3.05, 3.63) is 52.1 Å². The van der Waals surface area contributed by atoms with Crippen molar-refractivity contribution < 1.29 is 8.42 Å². The van der Waals surface area contributed by atoms with Crippen LogP contribution in [-0.2, 0) is 16.6 Å². The number of hydrogen-bond donors (Lipinski definition) is 2. The molecule has 2 aromatic rings. The lowest BCUT2D eigenvalue weighted by Crippen LogP contribution is -2.28. The first-order chi connectivity index (χ1) is 11.3. The molecule has 0 aliphatic heterocycles. The second kappa shape index (κ2) is 8.02. The largest absolute Gasteiger partial charge is 0.370 e. The highest BCUT2D eigenvalue weighted by molar-refractivity contribution is 7.90. The van der Waals surface area contributed by atoms with Gasteiger partial charge in [-0.25, -0.2) is 4.98 Å². The Morgan fingerprint density at radius 1 is 1.17 bits per heavy atom. The molecule has 0 fully saturated rings. The van der Waals surface area contributed by atoms with E-state index in [0.29, 0.717) is 34.5 Å². The summed E-state index contributed by atoms with van der Waals surface area (Å²) in [6.07, 6.45) is 2.17. The second-order valence-electron chi connectivity index (χ2n) is 5.23.